The molecule has 1 aromatic carbocycles. The lowest BCUT2D eigenvalue weighted by Crippen LogP contribution is -2.43. The van der Waals surface area contributed by atoms with Crippen molar-refractivity contribution in [2.45, 2.75) is 6.42 Å². The molecule has 1 fully saturated rings. The minimum Gasteiger partial charge on any atom is -0.481 e. The van der Waals surface area contributed by atoms with E-state index in [4.69, 9.17) is 4.74 Å². The first kappa shape index (κ1) is 16.6. The van der Waals surface area contributed by atoms with Crippen LogP contribution in [0.4, 0.5) is 30.6 Å². The van der Waals surface area contributed by atoms with Crippen molar-refractivity contribution < 1.29 is 28.0 Å². The largest absolute Gasteiger partial charge is 0.481 e. The second-order valence-corrected chi connectivity index (χ2v) is 5.07. The average molecular weight is 358 g/mol. The van der Waals surface area contributed by atoms with Gasteiger partial charge in [-0.1, -0.05) is 0 Å². The molecular weight excluding hydrogens is 346 g/mol. The summed E-state index contributed by atoms with van der Waals surface area (Å²) in [5.41, 5.74) is 2.80. The molecule has 134 valence electrons. The van der Waals surface area contributed by atoms with Gasteiger partial charge in [0, 0.05) is 12.6 Å². The number of hydrogen-bond acceptors (Lipinski definition) is 7. The summed E-state index contributed by atoms with van der Waals surface area (Å²) in [6, 6.07) is 0.106. The monoisotopic (exact) mass is 358 g/mol. The van der Waals surface area contributed by atoms with Crippen molar-refractivity contribution in [3.63, 3.8) is 0 Å². The lowest BCUT2D eigenvalue weighted by molar-refractivity contribution is -0.383. The number of alkyl halides is 1. The fourth-order valence-corrected chi connectivity index (χ4v) is 2.37. The van der Waals surface area contributed by atoms with Crippen molar-refractivity contribution in [1.29, 1.82) is 0 Å². The van der Waals surface area contributed by atoms with Crippen LogP contribution in [0.2, 0.25) is 0 Å². The van der Waals surface area contributed by atoms with Gasteiger partial charge in [-0.3, -0.25) is 19.3 Å². The fourth-order valence-electron chi connectivity index (χ4n) is 2.37. The standard InChI is InChI=1S/C12H12F2N6O5/c13-2-1-3-18-12(22)16-19(17-18)10-6(14)4-7-9(11(10)20(23)24)15-8(21)5-25-7/h4,17H,1-3,5H2,(H,15,21)(H,16,22). The van der Waals surface area contributed by atoms with E-state index in [1.807, 2.05) is 0 Å². The zero-order chi connectivity index (χ0) is 18.1. The topological polar surface area (TPSA) is 129 Å². The first-order valence-corrected chi connectivity index (χ1v) is 7.06. The molecule has 3 amide bonds. The van der Waals surface area contributed by atoms with Crippen LogP contribution in [0, 0.1) is 15.9 Å². The summed E-state index contributed by atoms with van der Waals surface area (Å²) in [7, 11) is 0. The number of amides is 3. The summed E-state index contributed by atoms with van der Waals surface area (Å²) in [5, 5.41) is 15.3. The predicted octanol–water partition coefficient (Wildman–Crippen LogP) is 0.591. The molecule has 2 aliphatic heterocycles. The number of nitrogens with zero attached hydrogens (tertiary/aromatic N) is 3. The summed E-state index contributed by atoms with van der Waals surface area (Å²) < 4.78 is 31.7. The van der Waals surface area contributed by atoms with Crippen LogP contribution in [0.3, 0.4) is 0 Å². The van der Waals surface area contributed by atoms with Crippen LogP contribution in [-0.4, -0.2) is 41.7 Å². The van der Waals surface area contributed by atoms with Gasteiger partial charge in [0.05, 0.1) is 11.6 Å². The Morgan fingerprint density at radius 2 is 2.16 bits per heavy atom. The number of benzene rings is 1. The number of nitro benzene ring substituents is 1. The average Bonchev–Trinajstić information content (AvgIpc) is 2.92. The van der Waals surface area contributed by atoms with Crippen LogP contribution < -0.4 is 26.1 Å². The highest BCUT2D eigenvalue weighted by atomic mass is 19.1. The predicted molar refractivity (Wildman–Crippen MR) is 78.6 cm³/mol. The Kier molecular flexibility index (Phi) is 4.22. The zero-order valence-corrected chi connectivity index (χ0v) is 12.5. The second-order valence-electron chi connectivity index (χ2n) is 5.07. The van der Waals surface area contributed by atoms with E-state index >= 15 is 0 Å². The smallest absolute Gasteiger partial charge is 0.353 e. The van der Waals surface area contributed by atoms with E-state index in [-0.39, 0.29) is 24.4 Å². The summed E-state index contributed by atoms with van der Waals surface area (Å²) in [6.07, 6.45) is 0.0208. The van der Waals surface area contributed by atoms with Crippen LogP contribution in [0.25, 0.3) is 0 Å². The van der Waals surface area contributed by atoms with Crippen molar-refractivity contribution in [2.24, 2.45) is 0 Å². The van der Waals surface area contributed by atoms with Gasteiger partial charge in [0.1, 0.15) is 0 Å². The first-order valence-electron chi connectivity index (χ1n) is 7.06. The molecule has 0 unspecified atom stereocenters. The number of anilines is 2. The maximum atomic E-state index is 14.4. The number of nitrogens with one attached hydrogen (secondary N) is 3. The molecule has 0 spiro atoms. The number of carbonyl (C=O) groups is 2. The van der Waals surface area contributed by atoms with Gasteiger partial charge in [-0.15, -0.1) is 5.53 Å². The zero-order valence-electron chi connectivity index (χ0n) is 12.5. The minimum atomic E-state index is -1.07. The Bertz CT molecular complexity index is 760. The van der Waals surface area contributed by atoms with Crippen LogP contribution in [0.5, 0.6) is 5.75 Å². The molecule has 2 heterocycles. The molecule has 0 saturated carbocycles. The first-order chi connectivity index (χ1) is 11.9. The van der Waals surface area contributed by atoms with Gasteiger partial charge in [-0.25, -0.2) is 19.6 Å². The van der Waals surface area contributed by atoms with E-state index < -0.39 is 47.3 Å². The highest BCUT2D eigenvalue weighted by Crippen LogP contribution is 2.45. The van der Waals surface area contributed by atoms with Crippen molar-refractivity contribution in [2.75, 3.05) is 30.3 Å². The molecule has 13 heteroatoms. The summed E-state index contributed by atoms with van der Waals surface area (Å²) in [5.74, 6) is -1.91. The van der Waals surface area contributed by atoms with Crippen LogP contribution in [-0.2, 0) is 4.79 Å². The molecule has 1 aromatic rings. The Balaban J connectivity index is 2.02. The number of halogens is 2. The molecule has 1 saturated heterocycles. The highest BCUT2D eigenvalue weighted by Gasteiger charge is 2.38. The molecule has 11 nitrogen and oxygen atoms in total. The molecule has 3 rings (SSSR count). The summed E-state index contributed by atoms with van der Waals surface area (Å²) >= 11 is 0. The fraction of sp³-hybridized carbons (Fsp3) is 0.333. The number of hydrazine groups is 3. The van der Waals surface area contributed by atoms with Crippen LogP contribution in [0.15, 0.2) is 6.07 Å². The number of rotatable bonds is 5. The molecule has 0 radical (unpaired) electrons. The summed E-state index contributed by atoms with van der Waals surface area (Å²) in [4.78, 5) is 33.8. The molecule has 0 atom stereocenters. The third-order valence-electron chi connectivity index (χ3n) is 3.41. The Morgan fingerprint density at radius 3 is 2.84 bits per heavy atom. The van der Waals surface area contributed by atoms with Crippen LogP contribution >= 0.6 is 0 Å². The normalized spacial score (nSPS) is 16.2. The maximum absolute atomic E-state index is 14.4. The van der Waals surface area contributed by atoms with E-state index in [0.717, 1.165) is 11.1 Å². The Labute approximate surface area is 138 Å². The van der Waals surface area contributed by atoms with E-state index in [2.05, 4.69) is 16.3 Å². The Hall–Kier alpha value is -3.22. The quantitative estimate of drug-likeness (QED) is 0.519. The van der Waals surface area contributed by atoms with E-state index in [0.29, 0.717) is 5.12 Å². The molecule has 25 heavy (non-hydrogen) atoms. The van der Waals surface area contributed by atoms with Gasteiger partial charge in [-0.05, 0) is 6.42 Å². The van der Waals surface area contributed by atoms with E-state index in [1.54, 1.807) is 0 Å². The van der Waals surface area contributed by atoms with Gasteiger partial charge >= 0.3 is 11.7 Å². The van der Waals surface area contributed by atoms with Gasteiger partial charge in [0.25, 0.3) is 5.91 Å². The lowest BCUT2D eigenvalue weighted by atomic mass is 10.2. The van der Waals surface area contributed by atoms with Gasteiger partial charge in [0.15, 0.2) is 29.5 Å². The number of fused-ring (bicyclic) bond motifs is 1. The second kappa shape index (κ2) is 6.35. The maximum Gasteiger partial charge on any atom is 0.353 e. The lowest BCUT2D eigenvalue weighted by Gasteiger charge is -2.23. The number of nitro groups is 1. The molecule has 2 aliphatic rings. The minimum absolute atomic E-state index is 0.0208. The molecule has 0 bridgehead atoms. The third-order valence-corrected chi connectivity index (χ3v) is 3.41. The molecular formula is C12H12F2N6O5. The van der Waals surface area contributed by atoms with Crippen molar-refractivity contribution in [1.82, 2.24) is 16.0 Å². The highest BCUT2D eigenvalue weighted by molar-refractivity contribution is 6.00. The van der Waals surface area contributed by atoms with Crippen molar-refractivity contribution >= 4 is 29.0 Å². The number of carbonyl (C=O) groups excluding carboxylic acids is 2. The van der Waals surface area contributed by atoms with Crippen molar-refractivity contribution in [3.8, 4) is 5.75 Å². The number of ether oxygens (including phenoxy) is 1. The van der Waals surface area contributed by atoms with E-state index in [9.17, 15) is 28.5 Å². The van der Waals surface area contributed by atoms with Crippen molar-refractivity contribution in [3.05, 3.63) is 22.0 Å². The summed E-state index contributed by atoms with van der Waals surface area (Å²) in [6.45, 7) is -1.13. The molecule has 0 aliphatic carbocycles. The van der Waals surface area contributed by atoms with Gasteiger partial charge in [0.2, 0.25) is 0 Å². The van der Waals surface area contributed by atoms with Gasteiger partial charge in [-0.2, -0.15) is 5.12 Å². The SMILES string of the molecule is O=C1COc2cc(F)c(N3NC(=O)N(CCCF)N3)c([N+](=O)[O-])c2N1. The number of hydrogen-bond donors (Lipinski definition) is 3. The number of urea groups is 1. The van der Waals surface area contributed by atoms with Gasteiger partial charge < -0.3 is 10.1 Å². The van der Waals surface area contributed by atoms with Crippen LogP contribution in [0.1, 0.15) is 6.42 Å². The third kappa shape index (κ3) is 2.96. The molecule has 3 N–H and O–H groups in total. The Morgan fingerprint density at radius 1 is 1.40 bits per heavy atom. The van der Waals surface area contributed by atoms with E-state index in [1.165, 1.54) is 0 Å². The molecule has 0 aromatic heterocycles.